The van der Waals surface area contributed by atoms with Crippen molar-refractivity contribution in [3.63, 3.8) is 0 Å². The lowest BCUT2D eigenvalue weighted by atomic mass is 9.98. The minimum atomic E-state index is -3.93. The standard InChI is InChI=1S/C20H23FN4O6S/c1-11-13-8-15(21)17(31-19(27)25(3)4)9-16(13)30-18(26)14(11)7-12-5-6-24-20(22,10-12)32(28,29)23-2/h5-6,8-10,23-24H,7,22H2,1-4H3. The lowest BCUT2D eigenvalue weighted by Crippen LogP contribution is -2.60. The number of nitrogens with one attached hydrogen (secondary N) is 2. The first-order valence-electron chi connectivity index (χ1n) is 9.41. The van der Waals surface area contributed by atoms with Crippen LogP contribution in [0.15, 0.2) is 45.3 Å². The van der Waals surface area contributed by atoms with E-state index in [2.05, 4.69) is 10.0 Å². The number of nitrogens with two attached hydrogens (primary N) is 1. The number of sulfonamides is 1. The normalized spacial score (nSPS) is 18.2. The number of halogens is 1. The van der Waals surface area contributed by atoms with Gasteiger partial charge in [-0.15, -0.1) is 0 Å². The highest BCUT2D eigenvalue weighted by Crippen LogP contribution is 2.29. The Hall–Kier alpha value is -3.22. The van der Waals surface area contributed by atoms with Gasteiger partial charge in [-0.3, -0.25) is 5.73 Å². The summed E-state index contributed by atoms with van der Waals surface area (Å²) >= 11 is 0. The summed E-state index contributed by atoms with van der Waals surface area (Å²) in [5.41, 5.74) is 6.40. The van der Waals surface area contributed by atoms with Crippen molar-refractivity contribution < 1.29 is 26.8 Å². The predicted molar refractivity (Wildman–Crippen MR) is 116 cm³/mol. The van der Waals surface area contributed by atoms with Crippen molar-refractivity contribution >= 4 is 27.1 Å². The van der Waals surface area contributed by atoms with Crippen LogP contribution in [0.4, 0.5) is 9.18 Å². The van der Waals surface area contributed by atoms with Gasteiger partial charge < -0.3 is 19.4 Å². The van der Waals surface area contributed by atoms with Gasteiger partial charge in [0.15, 0.2) is 11.6 Å². The van der Waals surface area contributed by atoms with Gasteiger partial charge in [-0.05, 0) is 49.5 Å². The van der Waals surface area contributed by atoms with Gasteiger partial charge in [0, 0.05) is 37.5 Å². The summed E-state index contributed by atoms with van der Waals surface area (Å²) in [6, 6.07) is 2.25. The van der Waals surface area contributed by atoms with Crippen molar-refractivity contribution in [2.24, 2.45) is 5.73 Å². The van der Waals surface area contributed by atoms with Gasteiger partial charge in [-0.2, -0.15) is 0 Å². The molecule has 32 heavy (non-hydrogen) atoms. The number of benzene rings is 1. The lowest BCUT2D eigenvalue weighted by Gasteiger charge is -2.29. The van der Waals surface area contributed by atoms with Crippen LogP contribution in [-0.4, -0.2) is 45.5 Å². The van der Waals surface area contributed by atoms with Gasteiger partial charge in [0.25, 0.3) is 10.0 Å². The Labute approximate surface area is 183 Å². The number of hydrogen-bond acceptors (Lipinski definition) is 8. The van der Waals surface area contributed by atoms with Gasteiger partial charge in [-0.1, -0.05) is 0 Å². The van der Waals surface area contributed by atoms with Crippen LogP contribution >= 0.6 is 0 Å². The summed E-state index contributed by atoms with van der Waals surface area (Å²) < 4.78 is 51.5. The number of aryl methyl sites for hydroxylation is 1. The Morgan fingerprint density at radius 3 is 2.69 bits per heavy atom. The smallest absolute Gasteiger partial charge is 0.414 e. The number of allylic oxidation sites excluding steroid dienone is 2. The minimum absolute atomic E-state index is 0.000539. The molecule has 0 radical (unpaired) electrons. The van der Waals surface area contributed by atoms with Gasteiger partial charge in [0.1, 0.15) is 5.58 Å². The fourth-order valence-corrected chi connectivity index (χ4v) is 4.01. The fourth-order valence-electron chi connectivity index (χ4n) is 3.14. The molecule has 0 spiro atoms. The van der Waals surface area contributed by atoms with Crippen LogP contribution in [0.25, 0.3) is 11.0 Å². The third-order valence-corrected chi connectivity index (χ3v) is 6.67. The number of ether oxygens (including phenoxy) is 1. The topological polar surface area (TPSA) is 144 Å². The molecular weight excluding hydrogens is 443 g/mol. The molecule has 0 fully saturated rings. The number of dihydropyridines is 1. The average molecular weight is 466 g/mol. The molecule has 12 heteroatoms. The first-order valence-corrected chi connectivity index (χ1v) is 10.9. The molecule has 2 aromatic rings. The molecule has 10 nitrogen and oxygen atoms in total. The summed E-state index contributed by atoms with van der Waals surface area (Å²) in [6.07, 6.45) is 3.44. The molecule has 0 saturated heterocycles. The largest absolute Gasteiger partial charge is 0.422 e. The first-order chi connectivity index (χ1) is 14.9. The van der Waals surface area contributed by atoms with E-state index >= 15 is 0 Å². The molecule has 1 aliphatic rings. The molecule has 1 aliphatic heterocycles. The van der Waals surface area contributed by atoms with E-state index in [1.54, 1.807) is 13.0 Å². The maximum atomic E-state index is 14.5. The van der Waals surface area contributed by atoms with Crippen LogP contribution in [0.2, 0.25) is 0 Å². The summed E-state index contributed by atoms with van der Waals surface area (Å²) in [6.45, 7) is 1.62. The molecule has 3 rings (SSSR count). The van der Waals surface area contributed by atoms with Crippen LogP contribution in [0, 0.1) is 12.7 Å². The number of hydrogen-bond donors (Lipinski definition) is 3. The van der Waals surface area contributed by atoms with E-state index < -0.39 is 32.6 Å². The van der Waals surface area contributed by atoms with Crippen molar-refractivity contribution in [3.05, 3.63) is 63.4 Å². The molecule has 0 bridgehead atoms. The number of carbonyl (C=O) groups is 1. The number of nitrogens with zero attached hydrogens (tertiary/aromatic N) is 1. The monoisotopic (exact) mass is 466 g/mol. The van der Waals surface area contributed by atoms with Crippen molar-refractivity contribution in [2.45, 2.75) is 18.3 Å². The highest BCUT2D eigenvalue weighted by Gasteiger charge is 2.37. The number of amides is 1. The second kappa shape index (κ2) is 8.37. The maximum absolute atomic E-state index is 14.5. The highest BCUT2D eigenvalue weighted by molar-refractivity contribution is 7.91. The molecule has 1 aromatic carbocycles. The van der Waals surface area contributed by atoms with E-state index in [1.165, 1.54) is 33.4 Å². The summed E-state index contributed by atoms with van der Waals surface area (Å²) in [4.78, 5) is 23.6. The third-order valence-electron chi connectivity index (χ3n) is 5.00. The van der Waals surface area contributed by atoms with Gasteiger partial charge >= 0.3 is 11.7 Å². The van der Waals surface area contributed by atoms with Crippen LogP contribution in [0.5, 0.6) is 5.75 Å². The molecule has 1 unspecified atom stereocenters. The molecule has 0 aliphatic carbocycles. The van der Waals surface area contributed by atoms with Gasteiger partial charge in [0.2, 0.25) is 4.99 Å². The van der Waals surface area contributed by atoms with Crippen LogP contribution in [0.1, 0.15) is 11.1 Å². The maximum Gasteiger partial charge on any atom is 0.414 e. The van der Waals surface area contributed by atoms with E-state index in [-0.39, 0.29) is 23.3 Å². The van der Waals surface area contributed by atoms with E-state index in [1.807, 2.05) is 0 Å². The van der Waals surface area contributed by atoms with Gasteiger partial charge in [-0.25, -0.2) is 27.1 Å². The summed E-state index contributed by atoms with van der Waals surface area (Å²) in [7, 11) is 0.188. The summed E-state index contributed by atoms with van der Waals surface area (Å²) in [5, 5.41) is 2.88. The fraction of sp³-hybridized carbons (Fsp3) is 0.300. The van der Waals surface area contributed by atoms with Crippen LogP contribution < -0.4 is 26.1 Å². The second-order valence-electron chi connectivity index (χ2n) is 7.41. The average Bonchev–Trinajstić information content (AvgIpc) is 2.72. The Bertz CT molecular complexity index is 1320. The van der Waals surface area contributed by atoms with Crippen LogP contribution in [-0.2, 0) is 16.4 Å². The molecule has 172 valence electrons. The van der Waals surface area contributed by atoms with Crippen LogP contribution in [0.3, 0.4) is 0 Å². The van der Waals surface area contributed by atoms with E-state index in [4.69, 9.17) is 14.9 Å². The number of carbonyl (C=O) groups excluding carboxylic acids is 1. The SMILES string of the molecule is CNS(=O)(=O)C1(N)C=C(Cc2c(C)c3cc(F)c(OC(=O)N(C)C)cc3oc2=O)C=CN1. The summed E-state index contributed by atoms with van der Waals surface area (Å²) in [5.74, 6) is -1.18. The zero-order valence-electron chi connectivity index (χ0n) is 17.9. The Kier molecular flexibility index (Phi) is 6.13. The van der Waals surface area contributed by atoms with Crippen molar-refractivity contribution in [1.82, 2.24) is 14.9 Å². The minimum Gasteiger partial charge on any atom is -0.422 e. The highest BCUT2D eigenvalue weighted by atomic mass is 32.2. The second-order valence-corrected chi connectivity index (χ2v) is 9.50. The third kappa shape index (κ3) is 4.24. The van der Waals surface area contributed by atoms with E-state index in [0.29, 0.717) is 16.5 Å². The van der Waals surface area contributed by atoms with E-state index in [0.717, 1.165) is 17.0 Å². The van der Waals surface area contributed by atoms with E-state index in [9.17, 15) is 22.4 Å². The zero-order valence-corrected chi connectivity index (χ0v) is 18.7. The molecular formula is C20H23FN4O6S. The molecule has 1 amide bonds. The number of fused-ring (bicyclic) bond motifs is 1. The molecule has 2 heterocycles. The predicted octanol–water partition coefficient (Wildman–Crippen LogP) is 1.05. The van der Waals surface area contributed by atoms with Crippen molar-refractivity contribution in [2.75, 3.05) is 21.1 Å². The first kappa shape index (κ1) is 23.4. The molecule has 1 atom stereocenters. The molecule has 0 saturated carbocycles. The molecule has 4 N–H and O–H groups in total. The quantitative estimate of drug-likeness (QED) is 0.555. The Balaban J connectivity index is 2.04. The van der Waals surface area contributed by atoms with Gasteiger partial charge in [0.05, 0.1) is 0 Å². The van der Waals surface area contributed by atoms with Crippen molar-refractivity contribution in [1.29, 1.82) is 0 Å². The Morgan fingerprint density at radius 1 is 1.38 bits per heavy atom. The molecule has 1 aromatic heterocycles. The zero-order chi connectivity index (χ0) is 23.8. The Morgan fingerprint density at radius 2 is 2.06 bits per heavy atom. The lowest BCUT2D eigenvalue weighted by molar-refractivity contribution is 0.170. The van der Waals surface area contributed by atoms with Crippen molar-refractivity contribution in [3.8, 4) is 5.75 Å². The number of rotatable bonds is 5.